The van der Waals surface area contributed by atoms with Crippen molar-refractivity contribution in [2.45, 2.75) is 6.92 Å². The zero-order valence-corrected chi connectivity index (χ0v) is 9.25. The molecule has 0 unspecified atom stereocenters. The van der Waals surface area contributed by atoms with Gasteiger partial charge in [-0.25, -0.2) is 4.79 Å². The van der Waals surface area contributed by atoms with Crippen LogP contribution in [0.3, 0.4) is 0 Å². The van der Waals surface area contributed by atoms with Crippen LogP contribution in [-0.2, 0) is 9.53 Å². The molecule has 1 rings (SSSR count). The Bertz CT molecular complexity index is 477. The second-order valence-corrected chi connectivity index (χ2v) is 3.26. The highest BCUT2D eigenvalue weighted by Crippen LogP contribution is 2.18. The number of ether oxygens (including phenoxy) is 1. The number of halogens is 1. The minimum atomic E-state index is -0.973. The fourth-order valence-electron chi connectivity index (χ4n) is 1.08. The summed E-state index contributed by atoms with van der Waals surface area (Å²) in [6, 6.07) is 5.98. The number of hydrogen-bond acceptors (Lipinski definition) is 4. The molecule has 0 radical (unpaired) electrons. The molecule has 0 saturated carbocycles. The van der Waals surface area contributed by atoms with Gasteiger partial charge in [0.1, 0.15) is 0 Å². The Morgan fingerprint density at radius 2 is 2.19 bits per heavy atom. The number of rotatable bonds is 3. The summed E-state index contributed by atoms with van der Waals surface area (Å²) in [7, 11) is 0. The van der Waals surface area contributed by atoms with Gasteiger partial charge in [-0.15, -0.1) is 0 Å². The molecule has 0 aromatic heterocycles. The van der Waals surface area contributed by atoms with E-state index in [4.69, 9.17) is 16.9 Å². The number of carbonyl (C=O) groups is 2. The van der Waals surface area contributed by atoms with Crippen molar-refractivity contribution in [1.29, 1.82) is 5.26 Å². The quantitative estimate of drug-likeness (QED) is 0.458. The Morgan fingerprint density at radius 1 is 1.50 bits per heavy atom. The Balaban J connectivity index is 3.08. The van der Waals surface area contributed by atoms with Crippen LogP contribution in [-0.4, -0.2) is 18.4 Å². The third kappa shape index (κ3) is 2.59. The average Bonchev–Trinajstić information content (AvgIpc) is 2.29. The van der Waals surface area contributed by atoms with Gasteiger partial charge in [-0.1, -0.05) is 11.6 Å². The first kappa shape index (κ1) is 12.2. The van der Waals surface area contributed by atoms with Crippen LogP contribution >= 0.6 is 11.6 Å². The third-order valence-electron chi connectivity index (χ3n) is 1.80. The van der Waals surface area contributed by atoms with Crippen LogP contribution in [0.25, 0.3) is 0 Å². The summed E-state index contributed by atoms with van der Waals surface area (Å²) in [6.07, 6.45) is 0. The average molecular weight is 238 g/mol. The van der Waals surface area contributed by atoms with Crippen LogP contribution in [0.2, 0.25) is 5.02 Å². The van der Waals surface area contributed by atoms with Crippen LogP contribution < -0.4 is 0 Å². The highest BCUT2D eigenvalue weighted by atomic mass is 35.5. The molecular formula is C11H8ClNO3. The van der Waals surface area contributed by atoms with E-state index in [1.165, 1.54) is 18.2 Å². The van der Waals surface area contributed by atoms with Crippen molar-refractivity contribution in [2.75, 3.05) is 6.61 Å². The molecule has 0 amide bonds. The number of Topliss-reactive ketones (excluding diaryl/α,β-unsaturated/α-hetero) is 1. The zero-order valence-electron chi connectivity index (χ0n) is 8.49. The number of ketones is 1. The summed E-state index contributed by atoms with van der Waals surface area (Å²) in [5, 5.41) is 8.78. The molecule has 5 heteroatoms. The minimum absolute atomic E-state index is 0.0147. The monoisotopic (exact) mass is 237 g/mol. The lowest BCUT2D eigenvalue weighted by molar-refractivity contribution is -0.137. The van der Waals surface area contributed by atoms with Crippen LogP contribution in [0.15, 0.2) is 18.2 Å². The third-order valence-corrected chi connectivity index (χ3v) is 2.13. The molecular weight excluding hydrogens is 230 g/mol. The van der Waals surface area contributed by atoms with Gasteiger partial charge >= 0.3 is 5.97 Å². The summed E-state index contributed by atoms with van der Waals surface area (Å²) in [5.41, 5.74) is 0.246. The predicted molar refractivity (Wildman–Crippen MR) is 57.1 cm³/mol. The molecule has 4 nitrogen and oxygen atoms in total. The van der Waals surface area contributed by atoms with Gasteiger partial charge in [0.15, 0.2) is 0 Å². The summed E-state index contributed by atoms with van der Waals surface area (Å²) in [5.74, 6) is -1.82. The van der Waals surface area contributed by atoms with Gasteiger partial charge in [0.25, 0.3) is 5.78 Å². The first-order valence-electron chi connectivity index (χ1n) is 4.51. The number of nitrogens with zero attached hydrogens (tertiary/aromatic N) is 1. The largest absolute Gasteiger partial charge is 0.460 e. The normalized spacial score (nSPS) is 9.31. The first-order chi connectivity index (χ1) is 7.60. The molecule has 82 valence electrons. The van der Waals surface area contributed by atoms with E-state index >= 15 is 0 Å². The highest BCUT2D eigenvalue weighted by Gasteiger charge is 2.20. The highest BCUT2D eigenvalue weighted by molar-refractivity contribution is 6.45. The molecule has 0 spiro atoms. The Morgan fingerprint density at radius 3 is 2.75 bits per heavy atom. The molecule has 0 N–H and O–H groups in total. The van der Waals surface area contributed by atoms with Crippen LogP contribution in [0.1, 0.15) is 22.8 Å². The van der Waals surface area contributed by atoms with Crippen LogP contribution in [0.5, 0.6) is 0 Å². The van der Waals surface area contributed by atoms with Gasteiger partial charge in [0.05, 0.1) is 23.3 Å². The van der Waals surface area contributed by atoms with Crippen molar-refractivity contribution in [1.82, 2.24) is 0 Å². The topological polar surface area (TPSA) is 67.2 Å². The predicted octanol–water partition coefficient (Wildman–Crippen LogP) is 1.96. The van der Waals surface area contributed by atoms with E-state index < -0.39 is 11.8 Å². The van der Waals surface area contributed by atoms with Gasteiger partial charge in [-0.3, -0.25) is 4.79 Å². The molecule has 1 aromatic rings. The lowest BCUT2D eigenvalue weighted by Crippen LogP contribution is -2.18. The van der Waals surface area contributed by atoms with E-state index in [0.717, 1.165) is 0 Å². The van der Waals surface area contributed by atoms with E-state index in [-0.39, 0.29) is 22.8 Å². The number of benzene rings is 1. The molecule has 0 fully saturated rings. The fourth-order valence-corrected chi connectivity index (χ4v) is 1.28. The number of carbonyl (C=O) groups excluding carboxylic acids is 2. The number of esters is 1. The molecule has 0 aliphatic carbocycles. The van der Waals surface area contributed by atoms with Gasteiger partial charge < -0.3 is 4.74 Å². The molecule has 16 heavy (non-hydrogen) atoms. The maximum absolute atomic E-state index is 11.6. The lowest BCUT2D eigenvalue weighted by atomic mass is 10.1. The van der Waals surface area contributed by atoms with E-state index in [1.807, 2.05) is 6.07 Å². The van der Waals surface area contributed by atoms with Crippen molar-refractivity contribution < 1.29 is 14.3 Å². The van der Waals surface area contributed by atoms with Gasteiger partial charge in [-0.05, 0) is 25.1 Å². The molecule has 0 bridgehead atoms. The Labute approximate surface area is 97.4 Å². The van der Waals surface area contributed by atoms with Gasteiger partial charge in [-0.2, -0.15) is 5.26 Å². The number of nitriles is 1. The SMILES string of the molecule is CCOC(=O)C(=O)c1cc(C#N)ccc1Cl. The van der Waals surface area contributed by atoms with Crippen molar-refractivity contribution in [3.63, 3.8) is 0 Å². The zero-order chi connectivity index (χ0) is 12.1. The molecule has 0 atom stereocenters. The maximum atomic E-state index is 11.6. The lowest BCUT2D eigenvalue weighted by Gasteiger charge is -2.03. The smallest absolute Gasteiger partial charge is 0.379 e. The van der Waals surface area contributed by atoms with Gasteiger partial charge in [0, 0.05) is 5.56 Å². The van der Waals surface area contributed by atoms with Crippen LogP contribution in [0, 0.1) is 11.3 Å². The Kier molecular flexibility index (Phi) is 4.03. The summed E-state index contributed by atoms with van der Waals surface area (Å²) in [4.78, 5) is 22.7. The molecule has 0 aliphatic rings. The second-order valence-electron chi connectivity index (χ2n) is 2.86. The van der Waals surface area contributed by atoms with Crippen LogP contribution in [0.4, 0.5) is 0 Å². The van der Waals surface area contributed by atoms with Crippen molar-refractivity contribution in [3.05, 3.63) is 34.3 Å². The first-order valence-corrected chi connectivity index (χ1v) is 4.89. The van der Waals surface area contributed by atoms with Crippen molar-refractivity contribution in [3.8, 4) is 6.07 Å². The van der Waals surface area contributed by atoms with Gasteiger partial charge in [0.2, 0.25) is 0 Å². The summed E-state index contributed by atoms with van der Waals surface area (Å²) in [6.45, 7) is 1.71. The second kappa shape index (κ2) is 5.29. The van der Waals surface area contributed by atoms with E-state index in [2.05, 4.69) is 4.74 Å². The van der Waals surface area contributed by atoms with E-state index in [0.29, 0.717) is 0 Å². The van der Waals surface area contributed by atoms with E-state index in [9.17, 15) is 9.59 Å². The molecule has 0 saturated heterocycles. The van der Waals surface area contributed by atoms with Crippen molar-refractivity contribution >= 4 is 23.4 Å². The molecule has 0 heterocycles. The maximum Gasteiger partial charge on any atom is 0.379 e. The number of hydrogen-bond donors (Lipinski definition) is 0. The summed E-state index contributed by atoms with van der Waals surface area (Å²) >= 11 is 5.75. The Hall–Kier alpha value is -1.86. The van der Waals surface area contributed by atoms with Crippen molar-refractivity contribution in [2.24, 2.45) is 0 Å². The van der Waals surface area contributed by atoms with E-state index in [1.54, 1.807) is 6.92 Å². The molecule has 0 aliphatic heterocycles. The standard InChI is InChI=1S/C11H8ClNO3/c1-2-16-11(15)10(14)8-5-7(6-13)3-4-9(8)12/h3-5H,2H2,1H3. The minimum Gasteiger partial charge on any atom is -0.460 e. The summed E-state index contributed by atoms with van der Waals surface area (Å²) < 4.78 is 4.56. The fraction of sp³-hybridized carbons (Fsp3) is 0.182. The molecule has 1 aromatic carbocycles.